The summed E-state index contributed by atoms with van der Waals surface area (Å²) in [4.78, 5) is 26.6. The molecule has 2 aromatic rings. The van der Waals surface area contributed by atoms with E-state index in [4.69, 9.17) is 0 Å². The van der Waals surface area contributed by atoms with Crippen molar-refractivity contribution in [3.8, 4) is 0 Å². The summed E-state index contributed by atoms with van der Waals surface area (Å²) < 4.78 is 0. The quantitative estimate of drug-likeness (QED) is 0.866. The van der Waals surface area contributed by atoms with Crippen LogP contribution in [-0.2, 0) is 16.0 Å². The van der Waals surface area contributed by atoms with Gasteiger partial charge in [0.25, 0.3) is 0 Å². The monoisotopic (exact) mass is 350 g/mol. The van der Waals surface area contributed by atoms with Gasteiger partial charge in [0.2, 0.25) is 11.8 Å². The van der Waals surface area contributed by atoms with Crippen LogP contribution in [0.1, 0.15) is 37.3 Å². The molecule has 4 nitrogen and oxygen atoms in total. The average molecular weight is 350 g/mol. The van der Waals surface area contributed by atoms with E-state index in [1.165, 1.54) is 11.1 Å². The summed E-state index contributed by atoms with van der Waals surface area (Å²) in [6.45, 7) is 5.23. The highest BCUT2D eigenvalue weighted by Gasteiger charge is 2.35. The number of nitrogens with zero attached hydrogens (tertiary/aromatic N) is 1. The van der Waals surface area contributed by atoms with Crippen LogP contribution in [0.25, 0.3) is 0 Å². The van der Waals surface area contributed by atoms with E-state index in [2.05, 4.69) is 31.3 Å². The molecule has 0 bridgehead atoms. The Hall–Kier alpha value is -2.62. The smallest absolute Gasteiger partial charge is 0.227 e. The zero-order valence-corrected chi connectivity index (χ0v) is 15.4. The van der Waals surface area contributed by atoms with Gasteiger partial charge in [0.1, 0.15) is 0 Å². The molecule has 1 aliphatic heterocycles. The highest BCUT2D eigenvalue weighted by atomic mass is 16.2. The molecule has 0 saturated carbocycles. The molecule has 1 fully saturated rings. The number of nitrogens with one attached hydrogen (secondary N) is 1. The number of anilines is 1. The first-order valence-electron chi connectivity index (χ1n) is 9.30. The molecule has 136 valence electrons. The number of hydrogen-bond acceptors (Lipinski definition) is 2. The number of benzene rings is 2. The summed E-state index contributed by atoms with van der Waals surface area (Å²) in [6.07, 6.45) is 1.25. The second-order valence-electron chi connectivity index (χ2n) is 6.98. The molecular weight excluding hydrogens is 324 g/mol. The SMILES string of the molecule is CCc1ccc(N2C[C@@H](C(=O)NC[C@H](C)c3ccccc3)CC2=O)cc1. The van der Waals surface area contributed by atoms with Gasteiger partial charge in [-0.15, -0.1) is 0 Å². The van der Waals surface area contributed by atoms with Crippen molar-refractivity contribution >= 4 is 17.5 Å². The summed E-state index contributed by atoms with van der Waals surface area (Å²) in [5.74, 6) is -0.0504. The van der Waals surface area contributed by atoms with Gasteiger partial charge in [-0.2, -0.15) is 0 Å². The van der Waals surface area contributed by atoms with Crippen LogP contribution in [-0.4, -0.2) is 24.9 Å². The van der Waals surface area contributed by atoms with Gasteiger partial charge in [-0.25, -0.2) is 0 Å². The Morgan fingerprint density at radius 2 is 1.85 bits per heavy atom. The van der Waals surface area contributed by atoms with Crippen molar-refractivity contribution in [1.29, 1.82) is 0 Å². The first-order chi connectivity index (χ1) is 12.6. The van der Waals surface area contributed by atoms with Crippen molar-refractivity contribution in [3.05, 3.63) is 65.7 Å². The van der Waals surface area contributed by atoms with Crippen LogP contribution in [0.4, 0.5) is 5.69 Å². The molecule has 2 atom stereocenters. The first-order valence-corrected chi connectivity index (χ1v) is 9.30. The van der Waals surface area contributed by atoms with Crippen LogP contribution >= 0.6 is 0 Å². The fourth-order valence-corrected chi connectivity index (χ4v) is 3.34. The van der Waals surface area contributed by atoms with E-state index in [1.54, 1.807) is 4.90 Å². The Bertz CT molecular complexity index is 755. The van der Waals surface area contributed by atoms with Crippen molar-refractivity contribution in [3.63, 3.8) is 0 Å². The Morgan fingerprint density at radius 1 is 1.15 bits per heavy atom. The van der Waals surface area contributed by atoms with E-state index in [1.807, 2.05) is 42.5 Å². The minimum absolute atomic E-state index is 0.0190. The fourth-order valence-electron chi connectivity index (χ4n) is 3.34. The summed E-state index contributed by atoms with van der Waals surface area (Å²) in [5.41, 5.74) is 3.32. The van der Waals surface area contributed by atoms with Gasteiger partial charge in [0.05, 0.1) is 5.92 Å². The third kappa shape index (κ3) is 4.13. The highest BCUT2D eigenvalue weighted by molar-refractivity contribution is 6.00. The third-order valence-electron chi connectivity index (χ3n) is 5.10. The third-order valence-corrected chi connectivity index (χ3v) is 5.10. The van der Waals surface area contributed by atoms with Gasteiger partial charge < -0.3 is 10.2 Å². The van der Waals surface area contributed by atoms with Crippen LogP contribution in [0.3, 0.4) is 0 Å². The Balaban J connectivity index is 1.56. The summed E-state index contributed by atoms with van der Waals surface area (Å²) >= 11 is 0. The van der Waals surface area contributed by atoms with Gasteiger partial charge >= 0.3 is 0 Å². The van der Waals surface area contributed by atoms with Crippen molar-refractivity contribution < 1.29 is 9.59 Å². The van der Waals surface area contributed by atoms with Crippen LogP contribution in [0, 0.1) is 5.92 Å². The molecule has 0 aromatic heterocycles. The van der Waals surface area contributed by atoms with Crippen molar-refractivity contribution in [2.45, 2.75) is 32.6 Å². The maximum Gasteiger partial charge on any atom is 0.227 e. The molecule has 0 aliphatic carbocycles. The van der Waals surface area contributed by atoms with E-state index in [0.717, 1.165) is 12.1 Å². The fraction of sp³-hybridized carbons (Fsp3) is 0.364. The number of amides is 2. The zero-order chi connectivity index (χ0) is 18.5. The standard InChI is InChI=1S/C22H26N2O2/c1-3-17-9-11-20(12-10-17)24-15-19(13-21(24)25)22(26)23-14-16(2)18-7-5-4-6-8-18/h4-12,16,19H,3,13-15H2,1-2H3,(H,23,26)/t16-,19-/m0/s1. The van der Waals surface area contributed by atoms with Gasteiger partial charge in [0.15, 0.2) is 0 Å². The lowest BCUT2D eigenvalue weighted by molar-refractivity contribution is -0.126. The minimum Gasteiger partial charge on any atom is -0.355 e. The second-order valence-corrected chi connectivity index (χ2v) is 6.98. The number of hydrogen-bond donors (Lipinski definition) is 1. The molecule has 1 saturated heterocycles. The Morgan fingerprint density at radius 3 is 2.50 bits per heavy atom. The molecule has 1 aliphatic rings. The van der Waals surface area contributed by atoms with E-state index in [-0.39, 0.29) is 30.1 Å². The lowest BCUT2D eigenvalue weighted by Gasteiger charge is -2.18. The Labute approximate surface area is 155 Å². The predicted octanol–water partition coefficient (Wildman–Crippen LogP) is 3.52. The van der Waals surface area contributed by atoms with Crippen LogP contribution < -0.4 is 10.2 Å². The maximum absolute atomic E-state index is 12.5. The molecule has 2 aromatic carbocycles. The van der Waals surface area contributed by atoms with Crippen molar-refractivity contribution in [1.82, 2.24) is 5.32 Å². The molecule has 4 heteroatoms. The van der Waals surface area contributed by atoms with E-state index >= 15 is 0 Å². The van der Waals surface area contributed by atoms with Gasteiger partial charge in [-0.3, -0.25) is 9.59 Å². The molecule has 0 spiro atoms. The van der Waals surface area contributed by atoms with E-state index < -0.39 is 0 Å². The number of carbonyl (C=O) groups is 2. The Kier molecular flexibility index (Phi) is 5.71. The molecule has 0 radical (unpaired) electrons. The number of carbonyl (C=O) groups excluding carboxylic acids is 2. The van der Waals surface area contributed by atoms with E-state index in [9.17, 15) is 9.59 Å². The van der Waals surface area contributed by atoms with Crippen LogP contribution in [0.2, 0.25) is 0 Å². The predicted molar refractivity (Wildman–Crippen MR) is 104 cm³/mol. The maximum atomic E-state index is 12.5. The largest absolute Gasteiger partial charge is 0.355 e. The molecule has 2 amide bonds. The first kappa shape index (κ1) is 18.2. The number of aryl methyl sites for hydroxylation is 1. The van der Waals surface area contributed by atoms with Gasteiger partial charge in [-0.05, 0) is 35.6 Å². The van der Waals surface area contributed by atoms with Gasteiger partial charge in [0, 0.05) is 25.2 Å². The molecule has 0 unspecified atom stereocenters. The number of rotatable bonds is 6. The molecule has 3 rings (SSSR count). The molecule has 1 N–H and O–H groups in total. The van der Waals surface area contributed by atoms with Crippen LogP contribution in [0.5, 0.6) is 0 Å². The normalized spacial score (nSPS) is 18.0. The highest BCUT2D eigenvalue weighted by Crippen LogP contribution is 2.26. The second kappa shape index (κ2) is 8.17. The molecule has 26 heavy (non-hydrogen) atoms. The summed E-state index contributed by atoms with van der Waals surface area (Å²) in [5, 5.41) is 3.02. The van der Waals surface area contributed by atoms with Crippen LogP contribution in [0.15, 0.2) is 54.6 Å². The van der Waals surface area contributed by atoms with E-state index in [0.29, 0.717) is 13.1 Å². The molecule has 1 heterocycles. The lowest BCUT2D eigenvalue weighted by atomic mass is 10.0. The topological polar surface area (TPSA) is 49.4 Å². The lowest BCUT2D eigenvalue weighted by Crippen LogP contribution is -2.35. The molecular formula is C22H26N2O2. The zero-order valence-electron chi connectivity index (χ0n) is 15.4. The summed E-state index contributed by atoms with van der Waals surface area (Å²) in [7, 11) is 0. The minimum atomic E-state index is -0.281. The van der Waals surface area contributed by atoms with Gasteiger partial charge in [-0.1, -0.05) is 56.3 Å². The average Bonchev–Trinajstić information content (AvgIpc) is 3.08. The van der Waals surface area contributed by atoms with Crippen molar-refractivity contribution in [2.75, 3.05) is 18.0 Å². The van der Waals surface area contributed by atoms with Crippen molar-refractivity contribution in [2.24, 2.45) is 5.92 Å². The summed E-state index contributed by atoms with van der Waals surface area (Å²) in [6, 6.07) is 18.1.